The Kier molecular flexibility index (Phi) is 5.74. The van der Waals surface area contributed by atoms with Gasteiger partial charge in [-0.05, 0) is 51.5 Å². The average molecular weight is 364 g/mol. The van der Waals surface area contributed by atoms with Crippen LogP contribution in [0.25, 0.3) is 0 Å². The summed E-state index contributed by atoms with van der Waals surface area (Å²) < 4.78 is 17.9. The minimum Gasteiger partial charge on any atom is -0.454 e. The van der Waals surface area contributed by atoms with Crippen LogP contribution in [0.15, 0.2) is 24.3 Å². The third-order valence-corrected chi connectivity index (χ3v) is 4.01. The second-order valence-electron chi connectivity index (χ2n) is 6.62. The van der Waals surface area contributed by atoms with Crippen molar-refractivity contribution in [2.45, 2.75) is 45.3 Å². The Labute approximate surface area is 150 Å². The van der Waals surface area contributed by atoms with Gasteiger partial charge in [0, 0.05) is 18.5 Å². The molecule has 1 aromatic carbocycles. The Morgan fingerprint density at radius 3 is 2.38 bits per heavy atom. The molecule has 0 radical (unpaired) electrons. The number of ketones is 1. The van der Waals surface area contributed by atoms with Crippen molar-refractivity contribution in [3.05, 3.63) is 35.6 Å². The van der Waals surface area contributed by atoms with Gasteiger partial charge < -0.3 is 10.1 Å². The van der Waals surface area contributed by atoms with Gasteiger partial charge in [-0.15, -0.1) is 0 Å². The fourth-order valence-electron chi connectivity index (χ4n) is 2.56. The lowest BCUT2D eigenvalue weighted by atomic mass is 10.1. The van der Waals surface area contributed by atoms with Crippen molar-refractivity contribution in [2.24, 2.45) is 0 Å². The molecule has 0 saturated carbocycles. The number of amides is 3. The highest BCUT2D eigenvalue weighted by molar-refractivity contribution is 6.06. The quantitative estimate of drug-likeness (QED) is 0.454. The Hall–Kier alpha value is -2.77. The Balaban J connectivity index is 1.80. The van der Waals surface area contributed by atoms with Gasteiger partial charge in [0.1, 0.15) is 11.4 Å². The number of imide groups is 1. The van der Waals surface area contributed by atoms with Crippen LogP contribution in [0.3, 0.4) is 0 Å². The monoisotopic (exact) mass is 364 g/mol. The third-order valence-electron chi connectivity index (χ3n) is 4.01. The molecule has 1 aromatic rings. The van der Waals surface area contributed by atoms with Crippen LogP contribution < -0.4 is 5.32 Å². The molecule has 0 unspecified atom stereocenters. The van der Waals surface area contributed by atoms with Crippen molar-refractivity contribution in [1.29, 1.82) is 0 Å². The second-order valence-corrected chi connectivity index (χ2v) is 6.62. The van der Waals surface area contributed by atoms with Gasteiger partial charge in [0.15, 0.2) is 6.10 Å². The lowest BCUT2D eigenvalue weighted by Crippen LogP contribution is -2.40. The molecule has 0 bridgehead atoms. The van der Waals surface area contributed by atoms with Gasteiger partial charge in [0.05, 0.1) is 0 Å². The van der Waals surface area contributed by atoms with E-state index in [1.54, 1.807) is 13.8 Å². The molecule has 1 aliphatic rings. The Morgan fingerprint density at radius 2 is 1.85 bits per heavy atom. The van der Waals surface area contributed by atoms with Crippen molar-refractivity contribution in [2.75, 3.05) is 6.54 Å². The van der Waals surface area contributed by atoms with Crippen molar-refractivity contribution in [3.8, 4) is 0 Å². The van der Waals surface area contributed by atoms with Gasteiger partial charge in [-0.3, -0.25) is 19.3 Å². The van der Waals surface area contributed by atoms with E-state index < -0.39 is 35.2 Å². The molecule has 1 aliphatic heterocycles. The molecule has 0 aromatic heterocycles. The molecule has 3 amide bonds. The van der Waals surface area contributed by atoms with Gasteiger partial charge in [-0.2, -0.15) is 0 Å². The van der Waals surface area contributed by atoms with Gasteiger partial charge in [0.25, 0.3) is 5.91 Å². The normalized spacial score (nSPS) is 17.0. The van der Waals surface area contributed by atoms with E-state index in [2.05, 4.69) is 5.32 Å². The number of nitrogens with zero attached hydrogens (tertiary/aromatic N) is 1. The smallest absolute Gasteiger partial charge is 0.325 e. The molecule has 0 spiro atoms. The number of urea groups is 1. The molecular formula is C18H21FN2O5. The van der Waals surface area contributed by atoms with Crippen LogP contribution in [0.1, 0.15) is 44.0 Å². The Morgan fingerprint density at radius 1 is 1.23 bits per heavy atom. The molecule has 8 heteroatoms. The summed E-state index contributed by atoms with van der Waals surface area (Å²) in [5.74, 6) is -1.86. The number of carbonyl (C=O) groups is 4. The molecule has 2 rings (SSSR count). The molecule has 1 heterocycles. The maximum Gasteiger partial charge on any atom is 0.325 e. The zero-order valence-electron chi connectivity index (χ0n) is 14.9. The molecule has 26 heavy (non-hydrogen) atoms. The first-order valence-corrected chi connectivity index (χ1v) is 8.25. The molecule has 1 N–H and O–H groups in total. The van der Waals surface area contributed by atoms with Gasteiger partial charge >= 0.3 is 12.0 Å². The SMILES string of the molecule is C[C@H](OC(=O)CCCN1C(=O)NC(C)(C)C1=O)C(=O)c1ccc(F)cc1. The van der Waals surface area contributed by atoms with E-state index in [1.165, 1.54) is 19.1 Å². The summed E-state index contributed by atoms with van der Waals surface area (Å²) in [5, 5.41) is 2.55. The van der Waals surface area contributed by atoms with E-state index in [0.29, 0.717) is 0 Å². The number of ether oxygens (including phenoxy) is 1. The summed E-state index contributed by atoms with van der Waals surface area (Å²) in [4.78, 5) is 48.8. The minimum absolute atomic E-state index is 0.0431. The fourth-order valence-corrected chi connectivity index (χ4v) is 2.56. The number of carbonyl (C=O) groups excluding carboxylic acids is 4. The molecule has 140 valence electrons. The zero-order valence-corrected chi connectivity index (χ0v) is 14.9. The van der Waals surface area contributed by atoms with Crippen molar-refractivity contribution in [1.82, 2.24) is 10.2 Å². The second kappa shape index (κ2) is 7.63. The number of hydrogen-bond donors (Lipinski definition) is 1. The van der Waals surface area contributed by atoms with Crippen LogP contribution >= 0.6 is 0 Å². The number of halogens is 1. The number of nitrogens with one attached hydrogen (secondary N) is 1. The predicted molar refractivity (Wildman–Crippen MR) is 89.8 cm³/mol. The highest BCUT2D eigenvalue weighted by Crippen LogP contribution is 2.17. The first kappa shape index (κ1) is 19.6. The van der Waals surface area contributed by atoms with Crippen molar-refractivity contribution in [3.63, 3.8) is 0 Å². The lowest BCUT2D eigenvalue weighted by Gasteiger charge is -2.16. The lowest BCUT2D eigenvalue weighted by molar-refractivity contribution is -0.146. The number of benzene rings is 1. The summed E-state index contributed by atoms with van der Waals surface area (Å²) in [5.41, 5.74) is -0.707. The molecular weight excluding hydrogens is 343 g/mol. The van der Waals surface area contributed by atoms with Crippen LogP contribution in [0, 0.1) is 5.82 Å². The van der Waals surface area contributed by atoms with Gasteiger partial charge in [-0.1, -0.05) is 0 Å². The van der Waals surface area contributed by atoms with E-state index in [1.807, 2.05) is 0 Å². The van der Waals surface area contributed by atoms with Gasteiger partial charge in [-0.25, -0.2) is 9.18 Å². The molecule has 0 aliphatic carbocycles. The summed E-state index contributed by atoms with van der Waals surface area (Å²) in [6.07, 6.45) is -0.826. The standard InChI is InChI=1S/C18H21FN2O5/c1-11(15(23)12-6-8-13(19)9-7-12)26-14(22)5-4-10-21-16(24)18(2,3)20-17(21)25/h6-9,11H,4-5,10H2,1-3H3,(H,20,25)/t11-/m0/s1. The first-order valence-electron chi connectivity index (χ1n) is 8.25. The topological polar surface area (TPSA) is 92.8 Å². The maximum absolute atomic E-state index is 12.9. The zero-order chi connectivity index (χ0) is 19.5. The molecule has 7 nitrogen and oxygen atoms in total. The van der Waals surface area contributed by atoms with Crippen molar-refractivity contribution >= 4 is 23.7 Å². The van der Waals surface area contributed by atoms with Crippen LogP contribution in [-0.2, 0) is 14.3 Å². The molecule has 1 fully saturated rings. The summed E-state index contributed by atoms with van der Waals surface area (Å²) in [7, 11) is 0. The summed E-state index contributed by atoms with van der Waals surface area (Å²) in [6.45, 7) is 4.72. The van der Waals surface area contributed by atoms with E-state index in [-0.39, 0.29) is 30.9 Å². The highest BCUT2D eigenvalue weighted by Gasteiger charge is 2.43. The van der Waals surface area contributed by atoms with Crippen LogP contribution in [0.5, 0.6) is 0 Å². The van der Waals surface area contributed by atoms with E-state index in [4.69, 9.17) is 4.74 Å². The molecule has 1 atom stereocenters. The first-order chi connectivity index (χ1) is 12.1. The average Bonchev–Trinajstić information content (AvgIpc) is 2.76. The number of Topliss-reactive ketones (excluding diaryl/α,β-unsaturated/α-hetero) is 1. The largest absolute Gasteiger partial charge is 0.454 e. The highest BCUT2D eigenvalue weighted by atomic mass is 19.1. The van der Waals surface area contributed by atoms with E-state index >= 15 is 0 Å². The van der Waals surface area contributed by atoms with Crippen LogP contribution in [-0.4, -0.2) is 46.8 Å². The number of esters is 1. The maximum atomic E-state index is 12.9. The van der Waals surface area contributed by atoms with Gasteiger partial charge in [0.2, 0.25) is 5.78 Å². The van der Waals surface area contributed by atoms with Crippen molar-refractivity contribution < 1.29 is 28.3 Å². The number of hydrogen-bond acceptors (Lipinski definition) is 5. The Bertz CT molecular complexity index is 730. The van der Waals surface area contributed by atoms with E-state index in [0.717, 1.165) is 17.0 Å². The minimum atomic E-state index is -1.01. The summed E-state index contributed by atoms with van der Waals surface area (Å²) in [6, 6.07) is 4.46. The van der Waals surface area contributed by atoms with Crippen LogP contribution in [0.2, 0.25) is 0 Å². The summed E-state index contributed by atoms with van der Waals surface area (Å²) >= 11 is 0. The third kappa shape index (κ3) is 4.44. The molecule has 1 saturated heterocycles. The van der Waals surface area contributed by atoms with Crippen LogP contribution in [0.4, 0.5) is 9.18 Å². The predicted octanol–water partition coefficient (Wildman–Crippen LogP) is 2.05. The number of rotatable bonds is 7. The van der Waals surface area contributed by atoms with E-state index in [9.17, 15) is 23.6 Å². The fraction of sp³-hybridized carbons (Fsp3) is 0.444.